The molecule has 0 radical (unpaired) electrons. The summed E-state index contributed by atoms with van der Waals surface area (Å²) in [5.41, 5.74) is 2.68. The number of pyridine rings is 1. The molecule has 2 aromatic heterocycles. The van der Waals surface area contributed by atoms with Crippen molar-refractivity contribution in [1.82, 2.24) is 14.8 Å². The number of anilines is 1. The van der Waals surface area contributed by atoms with Crippen molar-refractivity contribution in [3.8, 4) is 22.9 Å². The Bertz CT molecular complexity index is 1410. The molecular formula is C22H23FN6O4S. The monoisotopic (exact) mass is 486 g/mol. The predicted molar refractivity (Wildman–Crippen MR) is 123 cm³/mol. The van der Waals surface area contributed by atoms with Gasteiger partial charge in [-0.1, -0.05) is 0 Å². The Balaban J connectivity index is 1.55. The Kier molecular flexibility index (Phi) is 5.70. The van der Waals surface area contributed by atoms with Crippen LogP contribution >= 0.6 is 0 Å². The van der Waals surface area contributed by atoms with Gasteiger partial charge in [-0.25, -0.2) is 28.2 Å². The zero-order valence-electron chi connectivity index (χ0n) is 18.4. The van der Waals surface area contributed by atoms with Gasteiger partial charge in [0, 0.05) is 30.8 Å². The van der Waals surface area contributed by atoms with Crippen LogP contribution in [0.25, 0.3) is 11.1 Å². The lowest BCUT2D eigenvalue weighted by atomic mass is 9.97. The fraction of sp³-hybridized carbons (Fsp3) is 0.318. The van der Waals surface area contributed by atoms with E-state index in [2.05, 4.69) is 19.8 Å². The van der Waals surface area contributed by atoms with Crippen LogP contribution in [0.15, 0.2) is 39.9 Å². The summed E-state index contributed by atoms with van der Waals surface area (Å²) in [4.78, 5) is 17.1. The van der Waals surface area contributed by atoms with Gasteiger partial charge in [0.1, 0.15) is 10.7 Å². The molecule has 0 saturated carbocycles. The number of benzene rings is 1. The molecule has 0 bridgehead atoms. The number of amides is 2. The molecule has 5 rings (SSSR count). The second-order valence-electron chi connectivity index (χ2n) is 8.01. The van der Waals surface area contributed by atoms with Crippen LogP contribution in [0.2, 0.25) is 0 Å². The zero-order chi connectivity index (χ0) is 23.9. The number of nitrogens with one attached hydrogen (secondary N) is 1. The Hall–Kier alpha value is -3.51. The third kappa shape index (κ3) is 3.99. The van der Waals surface area contributed by atoms with E-state index in [-0.39, 0.29) is 16.6 Å². The molecule has 3 N–H and O–H groups in total. The molecule has 10 nitrogen and oxygen atoms in total. The number of hydrogen-bond acceptors (Lipinski definition) is 6. The SMILES string of the molecule is COc1cc(-c2cc(F)c3c(c2NC(=O)N=[S@@](N)(=O)c2cnn4c2OCCC4)CCC3)ccn1. The molecule has 1 aromatic carbocycles. The smallest absolute Gasteiger partial charge is 0.354 e. The van der Waals surface area contributed by atoms with E-state index < -0.39 is 15.9 Å². The molecular weight excluding hydrogens is 463 g/mol. The first-order chi connectivity index (χ1) is 16.4. The molecule has 1 atom stereocenters. The van der Waals surface area contributed by atoms with Gasteiger partial charge in [-0.2, -0.15) is 5.10 Å². The molecule has 3 aromatic rings. The topological polar surface area (TPSA) is 134 Å². The number of hydrogen-bond donors (Lipinski definition) is 2. The van der Waals surface area contributed by atoms with Crippen LogP contribution in [0.1, 0.15) is 24.0 Å². The highest BCUT2D eigenvalue weighted by Crippen LogP contribution is 2.40. The average Bonchev–Trinajstić information content (AvgIpc) is 3.49. The highest BCUT2D eigenvalue weighted by molar-refractivity contribution is 7.91. The second-order valence-corrected chi connectivity index (χ2v) is 9.77. The fourth-order valence-corrected chi connectivity index (χ4v) is 5.34. The van der Waals surface area contributed by atoms with Crippen molar-refractivity contribution in [2.45, 2.75) is 37.1 Å². The van der Waals surface area contributed by atoms with Gasteiger partial charge in [0.25, 0.3) is 0 Å². The Labute approximate surface area is 195 Å². The van der Waals surface area contributed by atoms with Crippen molar-refractivity contribution in [3.63, 3.8) is 0 Å². The average molecular weight is 487 g/mol. The molecule has 0 spiro atoms. The number of methoxy groups -OCH3 is 1. The molecule has 3 heterocycles. The summed E-state index contributed by atoms with van der Waals surface area (Å²) in [6, 6.07) is 3.79. The second kappa shape index (κ2) is 8.69. The predicted octanol–water partition coefficient (Wildman–Crippen LogP) is 3.30. The van der Waals surface area contributed by atoms with E-state index in [0.29, 0.717) is 59.8 Å². The summed E-state index contributed by atoms with van der Waals surface area (Å²) in [6.45, 7) is 1.03. The lowest BCUT2D eigenvalue weighted by molar-refractivity contribution is 0.224. The molecule has 1 aliphatic heterocycles. The minimum atomic E-state index is -3.64. The maximum atomic E-state index is 14.9. The molecule has 0 saturated heterocycles. The number of aryl methyl sites for hydroxylation is 1. The standard InChI is InChI=1S/C22H23FN6O4S/c1-32-19-10-13(6-7-25-19)16-11-17(23)14-4-2-5-15(14)20(16)27-22(30)28-34(24,31)18-12-26-29-8-3-9-33-21(18)29/h6-7,10-12H,2-5,8-9H2,1H3,(H3,24,27,28,30,31)/t34-/m1/s1. The molecule has 0 unspecified atom stereocenters. The van der Waals surface area contributed by atoms with Gasteiger partial charge in [0.05, 0.1) is 25.6 Å². The normalized spacial score (nSPS) is 16.1. The van der Waals surface area contributed by atoms with Crippen LogP contribution < -0.4 is 19.9 Å². The number of halogens is 1. The number of fused-ring (bicyclic) bond motifs is 2. The molecule has 2 aliphatic rings. The summed E-state index contributed by atoms with van der Waals surface area (Å²) in [5.74, 6) is 0.248. The Morgan fingerprint density at radius 2 is 2.15 bits per heavy atom. The summed E-state index contributed by atoms with van der Waals surface area (Å²) in [7, 11) is -2.16. The van der Waals surface area contributed by atoms with E-state index in [0.717, 1.165) is 12.8 Å². The lowest BCUT2D eigenvalue weighted by Gasteiger charge is -2.17. The minimum absolute atomic E-state index is 0.0609. The van der Waals surface area contributed by atoms with E-state index in [1.165, 1.54) is 25.6 Å². The van der Waals surface area contributed by atoms with E-state index in [9.17, 15) is 13.4 Å². The van der Waals surface area contributed by atoms with Crippen LogP contribution in [0.5, 0.6) is 11.8 Å². The van der Waals surface area contributed by atoms with Gasteiger partial charge < -0.3 is 14.8 Å². The third-order valence-electron chi connectivity index (χ3n) is 5.88. The van der Waals surface area contributed by atoms with Gasteiger partial charge in [-0.3, -0.25) is 0 Å². The number of nitrogens with zero attached hydrogens (tertiary/aromatic N) is 4. The highest BCUT2D eigenvalue weighted by Gasteiger charge is 2.27. The van der Waals surface area contributed by atoms with Crippen molar-refractivity contribution >= 4 is 21.6 Å². The van der Waals surface area contributed by atoms with Crippen molar-refractivity contribution in [2.24, 2.45) is 9.50 Å². The molecule has 1 aliphatic carbocycles. The third-order valence-corrected chi connectivity index (χ3v) is 7.23. The molecule has 2 amide bonds. The highest BCUT2D eigenvalue weighted by atomic mass is 32.2. The summed E-state index contributed by atoms with van der Waals surface area (Å²) >= 11 is 0. The van der Waals surface area contributed by atoms with Gasteiger partial charge in [-0.05, 0) is 48.1 Å². The van der Waals surface area contributed by atoms with Crippen LogP contribution in [0.4, 0.5) is 14.9 Å². The number of carbonyl (C=O) groups excluding carboxylic acids is 1. The number of aromatic nitrogens is 3. The first kappa shape index (κ1) is 22.3. The van der Waals surface area contributed by atoms with E-state index in [1.54, 1.807) is 16.8 Å². The Morgan fingerprint density at radius 1 is 1.32 bits per heavy atom. The lowest BCUT2D eigenvalue weighted by Crippen LogP contribution is -2.21. The van der Waals surface area contributed by atoms with Crippen LogP contribution in [-0.2, 0) is 29.3 Å². The molecule has 0 fully saturated rings. The summed E-state index contributed by atoms with van der Waals surface area (Å²) in [5, 5.41) is 12.8. The Morgan fingerprint density at radius 3 is 2.97 bits per heavy atom. The molecule has 178 valence electrons. The first-order valence-electron chi connectivity index (χ1n) is 10.8. The number of ether oxygens (including phenoxy) is 2. The quantitative estimate of drug-likeness (QED) is 0.581. The van der Waals surface area contributed by atoms with Crippen LogP contribution in [0, 0.1) is 5.82 Å². The fourth-order valence-electron chi connectivity index (χ4n) is 4.34. The number of carbonyl (C=O) groups is 1. The molecule has 12 heteroatoms. The van der Waals surface area contributed by atoms with E-state index in [1.807, 2.05) is 0 Å². The van der Waals surface area contributed by atoms with Crippen molar-refractivity contribution < 1.29 is 22.9 Å². The zero-order valence-corrected chi connectivity index (χ0v) is 19.2. The van der Waals surface area contributed by atoms with Gasteiger partial charge >= 0.3 is 6.03 Å². The first-order valence-corrected chi connectivity index (χ1v) is 12.3. The van der Waals surface area contributed by atoms with Crippen molar-refractivity contribution in [1.29, 1.82) is 0 Å². The van der Waals surface area contributed by atoms with Gasteiger partial charge in [0.15, 0.2) is 9.92 Å². The maximum Gasteiger partial charge on any atom is 0.354 e. The van der Waals surface area contributed by atoms with Gasteiger partial charge in [0.2, 0.25) is 11.8 Å². The number of rotatable bonds is 4. The summed E-state index contributed by atoms with van der Waals surface area (Å²) < 4.78 is 44.1. The van der Waals surface area contributed by atoms with Gasteiger partial charge in [-0.15, -0.1) is 4.36 Å². The van der Waals surface area contributed by atoms with E-state index in [4.69, 9.17) is 14.6 Å². The molecule has 34 heavy (non-hydrogen) atoms. The van der Waals surface area contributed by atoms with Crippen LogP contribution in [-0.4, -0.2) is 38.7 Å². The maximum absolute atomic E-state index is 14.9. The van der Waals surface area contributed by atoms with Crippen molar-refractivity contribution in [3.05, 3.63) is 47.5 Å². The van der Waals surface area contributed by atoms with E-state index >= 15 is 0 Å². The summed E-state index contributed by atoms with van der Waals surface area (Å²) in [6.07, 6.45) is 5.50. The van der Waals surface area contributed by atoms with Crippen molar-refractivity contribution in [2.75, 3.05) is 19.0 Å². The number of urea groups is 1. The largest absolute Gasteiger partial charge is 0.481 e. The minimum Gasteiger partial charge on any atom is -0.481 e. The van der Waals surface area contributed by atoms with Crippen LogP contribution in [0.3, 0.4) is 0 Å². The number of nitrogens with two attached hydrogens (primary N) is 1.